The molecule has 0 fully saturated rings. The van der Waals surface area contributed by atoms with E-state index >= 15 is 0 Å². The second-order valence-corrected chi connectivity index (χ2v) is 18.1. The Labute approximate surface area is 352 Å². The molecule has 0 saturated carbocycles. The molecule has 290 valence electrons. The summed E-state index contributed by atoms with van der Waals surface area (Å²) in [5.74, 6) is 0. The van der Waals surface area contributed by atoms with Gasteiger partial charge in [-0.2, -0.15) is 0 Å². The van der Waals surface area contributed by atoms with Crippen LogP contribution in [0.1, 0.15) is 61.1 Å². The molecule has 0 N–H and O–H groups in total. The first-order valence-corrected chi connectivity index (χ1v) is 21.4. The average molecular weight is 775 g/mol. The van der Waals surface area contributed by atoms with Crippen molar-refractivity contribution >= 4 is 44.7 Å². The van der Waals surface area contributed by atoms with Crippen molar-refractivity contribution in [3.63, 3.8) is 0 Å². The molecule has 3 heteroatoms. The van der Waals surface area contributed by atoms with Gasteiger partial charge in [0.2, 0.25) is 0 Å². The van der Waals surface area contributed by atoms with E-state index in [4.69, 9.17) is 4.42 Å². The van der Waals surface area contributed by atoms with Gasteiger partial charge in [0.1, 0.15) is 11.2 Å². The zero-order valence-electron chi connectivity index (χ0n) is 34.6. The highest BCUT2D eigenvalue weighted by Gasteiger charge is 2.39. The Kier molecular flexibility index (Phi) is 7.51. The fourth-order valence-electron chi connectivity index (χ4n) is 10.8. The van der Waals surface area contributed by atoms with E-state index in [1.54, 1.807) is 0 Å². The lowest BCUT2D eigenvalue weighted by Gasteiger charge is -2.33. The Morgan fingerprint density at radius 2 is 1.10 bits per heavy atom. The van der Waals surface area contributed by atoms with Crippen LogP contribution in [0.2, 0.25) is 0 Å². The highest BCUT2D eigenvalue weighted by Crippen LogP contribution is 2.55. The summed E-state index contributed by atoms with van der Waals surface area (Å²) in [6, 6.07) is 63.4. The lowest BCUT2D eigenvalue weighted by Crippen LogP contribution is -2.30. The summed E-state index contributed by atoms with van der Waals surface area (Å²) in [4.78, 5) is 5.03. The smallest absolute Gasteiger partial charge is 0.137 e. The predicted molar refractivity (Wildman–Crippen MR) is 250 cm³/mol. The first-order chi connectivity index (χ1) is 29.2. The van der Waals surface area contributed by atoms with Gasteiger partial charge in [0.05, 0.1) is 5.69 Å². The summed E-state index contributed by atoms with van der Waals surface area (Å²) in [5.41, 5.74) is 22.1. The van der Waals surface area contributed by atoms with Gasteiger partial charge in [-0.15, -0.1) is 0 Å². The van der Waals surface area contributed by atoms with Gasteiger partial charge in [-0.1, -0.05) is 131 Å². The SMILES string of the molecule is CC1(C)c2ccccc2-c2ccc(N(c3ccc4c(c3)oc3ccccc34)c3cc4c(cc3-c3ccc5c(c3)CN(c3ccccc3)CC5)-c3ccccc3C4(C)C)cc21. The number of furan rings is 1. The van der Waals surface area contributed by atoms with Gasteiger partial charge < -0.3 is 14.2 Å². The van der Waals surface area contributed by atoms with Crippen molar-refractivity contribution in [3.05, 3.63) is 203 Å². The Hall–Kier alpha value is -6.84. The van der Waals surface area contributed by atoms with Crippen LogP contribution in [0.15, 0.2) is 174 Å². The van der Waals surface area contributed by atoms with Crippen LogP contribution in [-0.2, 0) is 23.8 Å². The average Bonchev–Trinajstić information content (AvgIpc) is 3.85. The molecule has 0 radical (unpaired) electrons. The molecule has 1 aromatic heterocycles. The van der Waals surface area contributed by atoms with E-state index < -0.39 is 0 Å². The van der Waals surface area contributed by atoms with E-state index in [0.717, 1.165) is 58.5 Å². The van der Waals surface area contributed by atoms with Gasteiger partial charge in [0, 0.05) is 63.4 Å². The second-order valence-electron chi connectivity index (χ2n) is 18.1. The van der Waals surface area contributed by atoms with E-state index in [1.165, 1.54) is 72.4 Å². The topological polar surface area (TPSA) is 19.6 Å². The third kappa shape index (κ3) is 5.15. The molecule has 9 aromatic rings. The molecule has 2 heterocycles. The van der Waals surface area contributed by atoms with Gasteiger partial charge in [0.15, 0.2) is 0 Å². The number of para-hydroxylation sites is 2. The summed E-state index contributed by atoms with van der Waals surface area (Å²) in [7, 11) is 0. The van der Waals surface area contributed by atoms with Crippen LogP contribution >= 0.6 is 0 Å². The molecule has 3 aliphatic rings. The molecule has 2 aliphatic carbocycles. The van der Waals surface area contributed by atoms with E-state index in [1.807, 2.05) is 0 Å². The van der Waals surface area contributed by atoms with E-state index in [2.05, 4.69) is 207 Å². The van der Waals surface area contributed by atoms with E-state index in [9.17, 15) is 0 Å². The van der Waals surface area contributed by atoms with Crippen molar-refractivity contribution in [2.75, 3.05) is 16.3 Å². The number of anilines is 4. The Morgan fingerprint density at radius 3 is 1.90 bits per heavy atom. The maximum absolute atomic E-state index is 6.61. The zero-order valence-corrected chi connectivity index (χ0v) is 34.6. The molecule has 0 bridgehead atoms. The Balaban J connectivity index is 1.11. The normalized spacial score (nSPS) is 15.4. The maximum Gasteiger partial charge on any atom is 0.137 e. The lowest BCUT2D eigenvalue weighted by atomic mass is 9.81. The molecule has 1 aliphatic heterocycles. The van der Waals surface area contributed by atoms with Crippen molar-refractivity contribution < 1.29 is 4.42 Å². The molecule has 60 heavy (non-hydrogen) atoms. The lowest BCUT2D eigenvalue weighted by molar-refractivity contribution is 0.660. The summed E-state index contributed by atoms with van der Waals surface area (Å²) in [5, 5.41) is 2.27. The van der Waals surface area contributed by atoms with Gasteiger partial charge in [-0.3, -0.25) is 0 Å². The highest BCUT2D eigenvalue weighted by molar-refractivity contribution is 6.06. The zero-order chi connectivity index (χ0) is 40.3. The van der Waals surface area contributed by atoms with Crippen molar-refractivity contribution in [3.8, 4) is 33.4 Å². The largest absolute Gasteiger partial charge is 0.456 e. The highest BCUT2D eigenvalue weighted by atomic mass is 16.3. The number of rotatable bonds is 5. The van der Waals surface area contributed by atoms with Crippen molar-refractivity contribution in [1.29, 1.82) is 0 Å². The first kappa shape index (κ1) is 35.1. The van der Waals surface area contributed by atoms with Crippen molar-refractivity contribution in [2.24, 2.45) is 0 Å². The third-order valence-electron chi connectivity index (χ3n) is 14.0. The predicted octanol–water partition coefficient (Wildman–Crippen LogP) is 14.9. The molecule has 12 rings (SSSR count). The van der Waals surface area contributed by atoms with Crippen LogP contribution in [-0.4, -0.2) is 6.54 Å². The number of benzene rings is 8. The minimum absolute atomic E-state index is 0.149. The molecule has 8 aromatic carbocycles. The van der Waals surface area contributed by atoms with Crippen LogP contribution in [0.5, 0.6) is 0 Å². The maximum atomic E-state index is 6.61. The van der Waals surface area contributed by atoms with E-state index in [-0.39, 0.29) is 10.8 Å². The number of hydrogen-bond donors (Lipinski definition) is 0. The van der Waals surface area contributed by atoms with Gasteiger partial charge in [0.25, 0.3) is 0 Å². The van der Waals surface area contributed by atoms with Crippen LogP contribution in [0.4, 0.5) is 22.7 Å². The molecule has 0 spiro atoms. The fourth-order valence-corrected chi connectivity index (χ4v) is 10.8. The quantitative estimate of drug-likeness (QED) is 0.174. The summed E-state index contributed by atoms with van der Waals surface area (Å²) in [6.07, 6.45) is 1.03. The molecule has 0 atom stereocenters. The van der Waals surface area contributed by atoms with Gasteiger partial charge in [-0.25, -0.2) is 0 Å². The number of nitrogens with zero attached hydrogens (tertiary/aromatic N) is 2. The van der Waals surface area contributed by atoms with Crippen LogP contribution in [0.25, 0.3) is 55.3 Å². The third-order valence-corrected chi connectivity index (χ3v) is 14.0. The molecular weight excluding hydrogens is 729 g/mol. The molecule has 3 nitrogen and oxygen atoms in total. The number of hydrogen-bond acceptors (Lipinski definition) is 3. The summed E-state index contributed by atoms with van der Waals surface area (Å²) >= 11 is 0. The summed E-state index contributed by atoms with van der Waals surface area (Å²) < 4.78 is 6.61. The van der Waals surface area contributed by atoms with Crippen LogP contribution in [0, 0.1) is 0 Å². The molecule has 0 unspecified atom stereocenters. The fraction of sp³-hybridized carbons (Fsp3) is 0.158. The van der Waals surface area contributed by atoms with Crippen molar-refractivity contribution in [2.45, 2.75) is 51.5 Å². The van der Waals surface area contributed by atoms with Crippen LogP contribution < -0.4 is 9.80 Å². The van der Waals surface area contributed by atoms with E-state index in [0.29, 0.717) is 0 Å². The standard InChI is InChI=1S/C57H46N2O/c1-56(2)49-19-11-8-16-42(49)44-26-24-40(31-51(44)56)59(41-25-27-46-45-18-10-13-21-54(45)60-55(46)32-41)53-34-52-48(43-17-9-12-20-50(43)57(52,3)4)33-47(53)37-23-22-36-28-29-58(35-38(36)30-37)39-14-6-5-7-15-39/h5-27,30-34H,28-29,35H2,1-4H3. The van der Waals surface area contributed by atoms with Gasteiger partial charge in [-0.05, 0) is 128 Å². The minimum Gasteiger partial charge on any atom is -0.456 e. The molecule has 0 saturated heterocycles. The van der Waals surface area contributed by atoms with Crippen LogP contribution in [0.3, 0.4) is 0 Å². The first-order valence-electron chi connectivity index (χ1n) is 21.4. The van der Waals surface area contributed by atoms with Crippen molar-refractivity contribution in [1.82, 2.24) is 0 Å². The summed E-state index contributed by atoms with van der Waals surface area (Å²) in [6.45, 7) is 11.4. The number of fused-ring (bicyclic) bond motifs is 10. The molecular formula is C57H46N2O. The minimum atomic E-state index is -0.179. The Bertz CT molecular complexity index is 3200. The monoisotopic (exact) mass is 774 g/mol. The second kappa shape index (κ2) is 12.8. The molecule has 0 amide bonds. The van der Waals surface area contributed by atoms with Gasteiger partial charge >= 0.3 is 0 Å². The Morgan fingerprint density at radius 1 is 0.467 bits per heavy atom.